The van der Waals surface area contributed by atoms with Crippen LogP contribution in [0.2, 0.25) is 0 Å². The molecule has 18 nitrogen and oxygen atoms in total. The molecule has 0 aliphatic carbocycles. The zero-order valence-corrected chi connectivity index (χ0v) is 21.5. The highest BCUT2D eigenvalue weighted by molar-refractivity contribution is 5.85. The van der Waals surface area contributed by atoms with Crippen LogP contribution >= 0.6 is 0 Å². The maximum atomic E-state index is 12.4. The zero-order chi connectivity index (χ0) is 33.2. The third-order valence-corrected chi connectivity index (χ3v) is 4.58. The number of rotatable bonds is 17. The predicted octanol–water partition coefficient (Wildman–Crippen LogP) is -3.25. The third kappa shape index (κ3) is 7.01. The van der Waals surface area contributed by atoms with Crippen LogP contribution in [-0.2, 0) is 57.2 Å². The fraction of sp³-hybridized carbons (Fsp3) is 0.250. The van der Waals surface area contributed by atoms with Gasteiger partial charge in [-0.15, -0.1) is 0 Å². The molecular weight excluding hydrogens is 576 g/mol. The molecule has 4 atom stereocenters. The van der Waals surface area contributed by atoms with Crippen molar-refractivity contribution in [1.29, 1.82) is 0 Å². The second-order valence-corrected chi connectivity index (χ2v) is 7.21. The van der Waals surface area contributed by atoms with Gasteiger partial charge in [-0.2, -0.15) is 0 Å². The first-order chi connectivity index (χ1) is 19.3. The summed E-state index contributed by atoms with van der Waals surface area (Å²) in [6.45, 7) is 15.4. The average molecular weight is 602 g/mol. The van der Waals surface area contributed by atoms with E-state index in [4.69, 9.17) is 0 Å². The second kappa shape index (κ2) is 14.1. The second-order valence-electron chi connectivity index (χ2n) is 7.21. The number of hydrogen-bond acceptors (Lipinski definition) is 18. The summed E-state index contributed by atoms with van der Waals surface area (Å²) in [5.74, 6) is -36.0. The molecule has 0 saturated carbocycles. The van der Waals surface area contributed by atoms with Crippen LogP contribution in [0.15, 0.2) is 75.9 Å². The number of ether oxygens (including phenoxy) is 6. The van der Waals surface area contributed by atoms with E-state index in [2.05, 4.69) is 67.9 Å². The quantitative estimate of drug-likeness (QED) is 0.0412. The molecule has 0 heterocycles. The van der Waals surface area contributed by atoms with Crippen molar-refractivity contribution in [2.75, 3.05) is 6.61 Å². The van der Waals surface area contributed by atoms with E-state index in [0.717, 1.165) is 0 Å². The van der Waals surface area contributed by atoms with Crippen LogP contribution in [-0.4, -0.2) is 102 Å². The van der Waals surface area contributed by atoms with Gasteiger partial charge in [0.15, 0.2) is 0 Å². The summed E-state index contributed by atoms with van der Waals surface area (Å²) in [5, 5.41) is 66.9. The van der Waals surface area contributed by atoms with Gasteiger partial charge in [0.2, 0.25) is 0 Å². The van der Waals surface area contributed by atoms with E-state index in [0.29, 0.717) is 0 Å². The lowest BCUT2D eigenvalue weighted by molar-refractivity contribution is -0.556. The minimum Gasteiger partial charge on any atom is -0.420 e. The van der Waals surface area contributed by atoms with Crippen LogP contribution in [0, 0.1) is 0 Å². The Labute approximate surface area is 235 Å². The summed E-state index contributed by atoms with van der Waals surface area (Å²) in [6, 6.07) is 0. The molecule has 18 heteroatoms. The SMILES string of the molecule is C=CC(=O)OC(O)(OC(=O)C=C)[C@](O)(OC(=O)C=C)[C@](O)(OC(=O)C=C)[C@](O)(OC(=O)C=C)[C@](O)(CO)OC(=O)C=C. The molecule has 0 fully saturated rings. The monoisotopic (exact) mass is 602 g/mol. The van der Waals surface area contributed by atoms with Crippen molar-refractivity contribution in [3.8, 4) is 0 Å². The molecule has 0 aromatic carbocycles. The Hall–Kier alpha value is -4.98. The minimum atomic E-state index is -5.17. The normalized spacial score (nSPS) is 16.4. The first-order valence-corrected chi connectivity index (χ1v) is 10.6. The zero-order valence-electron chi connectivity index (χ0n) is 21.5. The molecule has 0 aliphatic rings. The van der Waals surface area contributed by atoms with Gasteiger partial charge in [0.1, 0.15) is 6.61 Å². The predicted molar refractivity (Wildman–Crippen MR) is 130 cm³/mol. The Morgan fingerprint density at radius 1 is 0.452 bits per heavy atom. The molecule has 0 rings (SSSR count). The molecule has 6 N–H and O–H groups in total. The molecule has 0 aromatic heterocycles. The summed E-state index contributed by atoms with van der Waals surface area (Å²) in [5.41, 5.74) is 0. The van der Waals surface area contributed by atoms with E-state index in [1.165, 1.54) is 0 Å². The smallest absolute Gasteiger partial charge is 0.420 e. The number of esters is 6. The van der Waals surface area contributed by atoms with Crippen LogP contribution in [0.25, 0.3) is 0 Å². The highest BCUT2D eigenvalue weighted by atomic mass is 16.9. The van der Waals surface area contributed by atoms with Crippen molar-refractivity contribution in [3.05, 3.63) is 75.9 Å². The number of hydrogen-bond donors (Lipinski definition) is 6. The number of carbonyl (C=O) groups is 6. The van der Waals surface area contributed by atoms with Crippen molar-refractivity contribution in [2.24, 2.45) is 0 Å². The molecule has 42 heavy (non-hydrogen) atoms. The molecule has 0 saturated heterocycles. The maximum absolute atomic E-state index is 12.4. The van der Waals surface area contributed by atoms with Crippen LogP contribution < -0.4 is 0 Å². The standard InChI is InChI=1S/C24H26O18/c1-7-14(26)37-20(32,13-25)21(33,38-15(27)8-2)22(34,39-16(28)9-3)23(35,40-17(29)10-4)24(36,41-18(30)11-5)42-19(31)12-6/h7-12,25,32-36H,1-6,13H2/t20-,21+,22+,23+/m0/s1. The third-order valence-electron chi connectivity index (χ3n) is 4.58. The maximum Gasteiger partial charge on any atom is 0.451 e. The Morgan fingerprint density at radius 3 is 1.02 bits per heavy atom. The number of aliphatic hydroxyl groups excluding tert-OH is 1. The average Bonchev–Trinajstić information content (AvgIpc) is 2.95. The molecule has 0 radical (unpaired) electrons. The minimum absolute atomic E-state index is 0.120. The summed E-state index contributed by atoms with van der Waals surface area (Å²) in [7, 11) is 0. The molecule has 0 amide bonds. The van der Waals surface area contributed by atoms with Crippen LogP contribution in [0.3, 0.4) is 0 Å². The topological polar surface area (TPSA) is 279 Å². The first-order valence-electron chi connectivity index (χ1n) is 10.6. The van der Waals surface area contributed by atoms with E-state index in [9.17, 15) is 59.4 Å². The van der Waals surface area contributed by atoms with E-state index in [1.807, 2.05) is 0 Å². The van der Waals surface area contributed by atoms with Gasteiger partial charge in [-0.1, -0.05) is 39.5 Å². The molecule has 0 spiro atoms. The highest BCUT2D eigenvalue weighted by Crippen LogP contribution is 2.49. The van der Waals surface area contributed by atoms with Crippen LogP contribution in [0.4, 0.5) is 0 Å². The van der Waals surface area contributed by atoms with Gasteiger partial charge in [0, 0.05) is 36.5 Å². The molecule has 0 aliphatic heterocycles. The Balaban J connectivity index is 8.53. The van der Waals surface area contributed by atoms with Gasteiger partial charge in [0.25, 0.3) is 0 Å². The highest BCUT2D eigenvalue weighted by Gasteiger charge is 2.87. The van der Waals surface area contributed by atoms with Crippen molar-refractivity contribution >= 4 is 35.8 Å². The number of carbonyl (C=O) groups excluding carboxylic acids is 6. The Kier molecular flexibility index (Phi) is 12.4. The molecule has 230 valence electrons. The van der Waals surface area contributed by atoms with Gasteiger partial charge in [0.05, 0.1) is 0 Å². The van der Waals surface area contributed by atoms with Crippen LogP contribution in [0.5, 0.6) is 0 Å². The van der Waals surface area contributed by atoms with Crippen molar-refractivity contribution in [1.82, 2.24) is 0 Å². The van der Waals surface area contributed by atoms with Crippen molar-refractivity contribution in [2.45, 2.75) is 29.1 Å². The molecule has 0 unspecified atom stereocenters. The van der Waals surface area contributed by atoms with Crippen molar-refractivity contribution < 1.29 is 87.8 Å². The Morgan fingerprint density at radius 2 is 0.714 bits per heavy atom. The lowest BCUT2D eigenvalue weighted by atomic mass is 9.86. The van der Waals surface area contributed by atoms with Crippen LogP contribution in [0.1, 0.15) is 0 Å². The lowest BCUT2D eigenvalue weighted by Crippen LogP contribution is -2.85. The lowest BCUT2D eigenvalue weighted by Gasteiger charge is -2.53. The van der Waals surface area contributed by atoms with Gasteiger partial charge < -0.3 is 59.1 Å². The van der Waals surface area contributed by atoms with Gasteiger partial charge >= 0.3 is 64.9 Å². The van der Waals surface area contributed by atoms with Gasteiger partial charge in [-0.3, -0.25) is 0 Å². The van der Waals surface area contributed by atoms with Gasteiger partial charge in [-0.05, 0) is 0 Å². The van der Waals surface area contributed by atoms with E-state index >= 15 is 0 Å². The summed E-state index contributed by atoms with van der Waals surface area (Å²) >= 11 is 0. The number of aliphatic hydroxyl groups is 6. The van der Waals surface area contributed by atoms with E-state index in [-0.39, 0.29) is 36.5 Å². The van der Waals surface area contributed by atoms with E-state index in [1.54, 1.807) is 0 Å². The van der Waals surface area contributed by atoms with E-state index < -0.39 is 71.5 Å². The largest absolute Gasteiger partial charge is 0.451 e. The molecular formula is C24H26O18. The molecule has 0 bridgehead atoms. The van der Waals surface area contributed by atoms with Crippen molar-refractivity contribution in [3.63, 3.8) is 0 Å². The summed E-state index contributed by atoms with van der Waals surface area (Å²) < 4.78 is 26.3. The molecule has 0 aromatic rings. The fourth-order valence-electron chi connectivity index (χ4n) is 2.62. The Bertz CT molecular complexity index is 1170. The summed E-state index contributed by atoms with van der Waals surface area (Å²) in [6.07, 6.45) is 1.08. The van der Waals surface area contributed by atoms with Gasteiger partial charge in [-0.25, -0.2) is 28.8 Å². The fourth-order valence-corrected chi connectivity index (χ4v) is 2.62. The summed E-state index contributed by atoms with van der Waals surface area (Å²) in [4.78, 5) is 73.1. The first kappa shape index (κ1) is 37.0.